The monoisotopic (exact) mass is 758 g/mol. The molecule has 0 saturated carbocycles. The molecular weight excluding hydrogens is 717 g/mol. The Bertz CT molecular complexity index is 2030. The van der Waals surface area contributed by atoms with Crippen LogP contribution in [0.15, 0.2) is 112 Å². The number of aryl methyl sites for hydroxylation is 2. The van der Waals surface area contributed by atoms with E-state index in [4.69, 9.17) is 9.47 Å². The van der Waals surface area contributed by atoms with Gasteiger partial charge in [0.2, 0.25) is 15.9 Å². The molecule has 1 aromatic heterocycles. The summed E-state index contributed by atoms with van der Waals surface area (Å²) in [6, 6.07) is 30.3. The number of nitrogens with one attached hydrogen (secondary N) is 2. The number of benzene rings is 4. The Morgan fingerprint density at radius 1 is 0.865 bits per heavy atom. The summed E-state index contributed by atoms with van der Waals surface area (Å²) in [5, 5.41) is 21.8. The van der Waals surface area contributed by atoms with Crippen LogP contribution in [0, 0.1) is 19.8 Å². The molecule has 0 aliphatic carbocycles. The van der Waals surface area contributed by atoms with E-state index in [0.717, 1.165) is 42.7 Å². The van der Waals surface area contributed by atoms with Crippen LogP contribution < -0.4 is 10.0 Å². The number of nitrogens with zero attached hydrogens (tertiary/aromatic N) is 2. The van der Waals surface area contributed by atoms with Crippen molar-refractivity contribution in [3.63, 3.8) is 0 Å². The van der Waals surface area contributed by atoms with Gasteiger partial charge in [0.05, 0.1) is 23.7 Å². The van der Waals surface area contributed by atoms with E-state index in [-0.39, 0.29) is 42.6 Å². The second kappa shape index (κ2) is 17.3. The van der Waals surface area contributed by atoms with E-state index >= 15 is 0 Å². The third-order valence-corrected chi connectivity index (χ3v) is 12.5. The average molecular weight is 759 g/mol. The minimum Gasteiger partial charge on any atom is -0.392 e. The average Bonchev–Trinajstić information content (AvgIpc) is 3.58. The highest BCUT2D eigenvalue weighted by Gasteiger charge is 2.38. The fourth-order valence-electron chi connectivity index (χ4n) is 5.92. The summed E-state index contributed by atoms with van der Waals surface area (Å²) >= 11 is 3.17. The van der Waals surface area contributed by atoms with Gasteiger partial charge in [-0.05, 0) is 54.7 Å². The standard InChI is InChI=1S/C39H42N4O6S3/c1-25-9-19-33(20-10-25)52(46,47)43-34(21-28-7-5-4-6-8-28)37(45)40-22-29-11-17-32(18-12-29)38-48-35(24-50-39-42-41-27(3)51-39)26(2)36(49-38)31-15-13-30(23-44)14-16-31/h4-20,26,34-36,38,43-44H,21-24H2,1-3H3,(H,40,45). The summed E-state index contributed by atoms with van der Waals surface area (Å²) in [5.41, 5.74) is 5.26. The maximum atomic E-state index is 13.5. The number of sulfonamides is 1. The second-order valence-electron chi connectivity index (χ2n) is 12.9. The molecule has 13 heteroatoms. The predicted octanol–water partition coefficient (Wildman–Crippen LogP) is 6.44. The minimum atomic E-state index is -3.96. The van der Waals surface area contributed by atoms with Crippen molar-refractivity contribution in [2.45, 2.75) is 74.1 Å². The van der Waals surface area contributed by atoms with Gasteiger partial charge in [-0.1, -0.05) is 127 Å². The Morgan fingerprint density at radius 2 is 1.54 bits per heavy atom. The van der Waals surface area contributed by atoms with Gasteiger partial charge >= 0.3 is 0 Å². The molecule has 10 nitrogen and oxygen atoms in total. The third-order valence-electron chi connectivity index (χ3n) is 8.95. The molecule has 1 saturated heterocycles. The fraction of sp³-hybridized carbons (Fsp3) is 0.308. The van der Waals surface area contributed by atoms with Crippen molar-refractivity contribution in [2.75, 3.05) is 5.75 Å². The highest BCUT2D eigenvalue weighted by molar-refractivity contribution is 8.01. The Morgan fingerprint density at radius 3 is 2.19 bits per heavy atom. The zero-order valence-corrected chi connectivity index (χ0v) is 31.6. The van der Waals surface area contributed by atoms with E-state index in [0.29, 0.717) is 5.75 Å². The van der Waals surface area contributed by atoms with Gasteiger partial charge in [-0.2, -0.15) is 4.72 Å². The van der Waals surface area contributed by atoms with Gasteiger partial charge in [0.25, 0.3) is 0 Å². The molecule has 0 spiro atoms. The summed E-state index contributed by atoms with van der Waals surface area (Å²) in [7, 11) is -3.96. The number of thioether (sulfide) groups is 1. The smallest absolute Gasteiger partial charge is 0.241 e. The molecule has 5 unspecified atom stereocenters. The Labute approximate surface area is 313 Å². The molecule has 52 heavy (non-hydrogen) atoms. The van der Waals surface area contributed by atoms with Gasteiger partial charge in [0.1, 0.15) is 11.0 Å². The lowest BCUT2D eigenvalue weighted by atomic mass is 9.91. The largest absolute Gasteiger partial charge is 0.392 e. The fourth-order valence-corrected chi connectivity index (χ4v) is 9.12. The Balaban J connectivity index is 1.15. The van der Waals surface area contributed by atoms with E-state index in [1.54, 1.807) is 35.2 Å². The van der Waals surface area contributed by atoms with Crippen LogP contribution in [-0.4, -0.2) is 47.5 Å². The third kappa shape index (κ3) is 9.72. The molecule has 0 bridgehead atoms. The number of carbonyl (C=O) groups excluding carboxylic acids is 1. The van der Waals surface area contributed by atoms with E-state index < -0.39 is 28.3 Å². The number of aromatic nitrogens is 2. The molecule has 0 radical (unpaired) electrons. The molecule has 5 aromatic rings. The number of hydrogen-bond donors (Lipinski definition) is 3. The summed E-state index contributed by atoms with van der Waals surface area (Å²) < 4.78 is 43.2. The first-order valence-corrected chi connectivity index (χ1v) is 20.3. The molecule has 272 valence electrons. The first-order chi connectivity index (χ1) is 25.1. The van der Waals surface area contributed by atoms with Crippen LogP contribution in [0.1, 0.15) is 57.7 Å². The van der Waals surface area contributed by atoms with Gasteiger partial charge in [0.15, 0.2) is 10.6 Å². The van der Waals surface area contributed by atoms with Crippen molar-refractivity contribution in [1.82, 2.24) is 20.2 Å². The molecule has 6 rings (SSSR count). The lowest BCUT2D eigenvalue weighted by molar-refractivity contribution is -0.268. The first kappa shape index (κ1) is 37.8. The quantitative estimate of drug-likeness (QED) is 0.109. The van der Waals surface area contributed by atoms with Crippen LogP contribution >= 0.6 is 23.1 Å². The number of carbonyl (C=O) groups is 1. The summed E-state index contributed by atoms with van der Waals surface area (Å²) in [6.07, 6.45) is -0.860. The molecule has 5 atom stereocenters. The Hall–Kier alpha value is -3.95. The molecule has 3 N–H and O–H groups in total. The van der Waals surface area contributed by atoms with E-state index in [1.807, 2.05) is 92.7 Å². The molecular formula is C39H42N4O6S3. The number of aliphatic hydroxyl groups excluding tert-OH is 1. The predicted molar refractivity (Wildman–Crippen MR) is 202 cm³/mol. The van der Waals surface area contributed by atoms with Crippen molar-refractivity contribution in [3.05, 3.63) is 142 Å². The summed E-state index contributed by atoms with van der Waals surface area (Å²) in [4.78, 5) is 13.6. The van der Waals surface area contributed by atoms with Crippen LogP contribution in [0.5, 0.6) is 0 Å². The minimum absolute atomic E-state index is 0.0273. The molecule has 1 fully saturated rings. The van der Waals surface area contributed by atoms with Crippen molar-refractivity contribution >= 4 is 39.0 Å². The number of rotatable bonds is 14. The maximum Gasteiger partial charge on any atom is 0.241 e. The zero-order valence-electron chi connectivity index (χ0n) is 29.1. The number of ether oxygens (including phenoxy) is 2. The van der Waals surface area contributed by atoms with Crippen molar-refractivity contribution < 1.29 is 27.8 Å². The summed E-state index contributed by atoms with van der Waals surface area (Å²) in [6.45, 7) is 6.10. The van der Waals surface area contributed by atoms with Crippen molar-refractivity contribution in [2.24, 2.45) is 5.92 Å². The van der Waals surface area contributed by atoms with Crippen LogP contribution in [0.4, 0.5) is 0 Å². The van der Waals surface area contributed by atoms with Crippen LogP contribution in [0.25, 0.3) is 0 Å². The highest BCUT2D eigenvalue weighted by Crippen LogP contribution is 2.43. The van der Waals surface area contributed by atoms with Gasteiger partial charge in [0, 0.05) is 23.8 Å². The lowest BCUT2D eigenvalue weighted by Crippen LogP contribution is -2.47. The molecule has 2 heterocycles. The second-order valence-corrected chi connectivity index (χ2v) is 17.0. The highest BCUT2D eigenvalue weighted by atomic mass is 32.2. The van der Waals surface area contributed by atoms with Crippen LogP contribution in [0.3, 0.4) is 0 Å². The zero-order chi connectivity index (χ0) is 36.7. The number of aliphatic hydroxyl groups is 1. The number of amides is 1. The molecule has 4 aromatic carbocycles. The van der Waals surface area contributed by atoms with Gasteiger partial charge in [-0.15, -0.1) is 10.2 Å². The number of hydrogen-bond acceptors (Lipinski definition) is 10. The molecule has 1 aliphatic rings. The molecule has 1 amide bonds. The topological polar surface area (TPSA) is 140 Å². The first-order valence-electron chi connectivity index (χ1n) is 17.0. The van der Waals surface area contributed by atoms with Gasteiger partial charge in [-0.3, -0.25) is 4.79 Å². The van der Waals surface area contributed by atoms with Crippen molar-refractivity contribution in [3.8, 4) is 0 Å². The maximum absolute atomic E-state index is 13.5. The van der Waals surface area contributed by atoms with Crippen LogP contribution in [-0.2, 0) is 43.9 Å². The van der Waals surface area contributed by atoms with Gasteiger partial charge in [-0.25, -0.2) is 8.42 Å². The van der Waals surface area contributed by atoms with E-state index in [1.165, 1.54) is 12.1 Å². The normalized spacial score (nSPS) is 19.6. The van der Waals surface area contributed by atoms with Gasteiger partial charge < -0.3 is 19.9 Å². The molecule has 1 aliphatic heterocycles. The van der Waals surface area contributed by atoms with E-state index in [9.17, 15) is 18.3 Å². The van der Waals surface area contributed by atoms with Crippen LogP contribution in [0.2, 0.25) is 0 Å². The Kier molecular flexibility index (Phi) is 12.5. The van der Waals surface area contributed by atoms with E-state index in [2.05, 4.69) is 27.2 Å². The SMILES string of the molecule is Cc1ccc(S(=O)(=O)NC(Cc2ccccc2)C(=O)NCc2ccc(C3OC(CSc4nnc(C)s4)C(C)C(c4ccc(CO)cc4)O3)cc2)cc1. The lowest BCUT2D eigenvalue weighted by Gasteiger charge is -2.41. The summed E-state index contributed by atoms with van der Waals surface area (Å²) in [5.74, 6) is 0.264. The van der Waals surface area contributed by atoms with Crippen molar-refractivity contribution in [1.29, 1.82) is 0 Å².